The van der Waals surface area contributed by atoms with Crippen molar-refractivity contribution in [2.45, 2.75) is 12.8 Å². The van der Waals surface area contributed by atoms with Gasteiger partial charge in [0.25, 0.3) is 0 Å². The highest BCUT2D eigenvalue weighted by Gasteiger charge is 2.13. The molecule has 0 radical (unpaired) electrons. The van der Waals surface area contributed by atoms with Crippen LogP contribution in [0.3, 0.4) is 0 Å². The minimum atomic E-state index is -1.10. The fraction of sp³-hybridized carbons (Fsp3) is 0.500. The first-order chi connectivity index (χ1) is 6.63. The maximum absolute atomic E-state index is 10.8. The van der Waals surface area contributed by atoms with Crippen LogP contribution in [0, 0.1) is 28.6 Å². The number of hydrogen-bond donors (Lipinski definition) is 0. The van der Waals surface area contributed by atoms with Gasteiger partial charge in [-0.1, -0.05) is 0 Å². The minimum Gasteiger partial charge on any atom is -0.437 e. The normalized spacial score (nSPS) is 8.57. The molecular formula is C8H8N2O4. The highest BCUT2D eigenvalue weighted by Crippen LogP contribution is 2.04. The van der Waals surface area contributed by atoms with Gasteiger partial charge in [0.15, 0.2) is 0 Å². The van der Waals surface area contributed by atoms with Gasteiger partial charge in [-0.25, -0.2) is 4.79 Å². The molecule has 0 aromatic carbocycles. The molecule has 0 aromatic rings. The largest absolute Gasteiger partial charge is 0.515 e. The number of carbonyl (C=O) groups is 2. The van der Waals surface area contributed by atoms with Crippen LogP contribution in [-0.4, -0.2) is 19.2 Å². The van der Waals surface area contributed by atoms with E-state index in [-0.39, 0.29) is 12.8 Å². The quantitative estimate of drug-likeness (QED) is 0.487. The number of nitrogens with zero attached hydrogens (tertiary/aromatic N) is 2. The van der Waals surface area contributed by atoms with Gasteiger partial charge in [-0.05, 0) is 6.42 Å². The Hall–Kier alpha value is -2.08. The van der Waals surface area contributed by atoms with Crippen molar-refractivity contribution in [2.24, 2.45) is 5.92 Å². The highest BCUT2D eigenvalue weighted by molar-refractivity contribution is 5.81. The van der Waals surface area contributed by atoms with E-state index in [2.05, 4.69) is 9.47 Å². The summed E-state index contributed by atoms with van der Waals surface area (Å²) in [4.78, 5) is 21.2. The summed E-state index contributed by atoms with van der Waals surface area (Å²) in [6.45, 7) is 0. The van der Waals surface area contributed by atoms with Crippen molar-refractivity contribution in [1.82, 2.24) is 0 Å². The molecular weight excluding hydrogens is 188 g/mol. The molecule has 0 saturated carbocycles. The average Bonchev–Trinajstić information content (AvgIpc) is 2.19. The number of methoxy groups -OCH3 is 1. The monoisotopic (exact) mass is 196 g/mol. The number of hydrogen-bond acceptors (Lipinski definition) is 6. The molecule has 0 rings (SSSR count). The number of ether oxygens (including phenoxy) is 2. The fourth-order valence-corrected chi connectivity index (χ4v) is 0.606. The molecule has 0 aliphatic heterocycles. The highest BCUT2D eigenvalue weighted by atomic mass is 16.7. The lowest BCUT2D eigenvalue weighted by molar-refractivity contribution is -0.139. The molecule has 0 unspecified atom stereocenters. The van der Waals surface area contributed by atoms with E-state index in [4.69, 9.17) is 10.5 Å². The minimum absolute atomic E-state index is 0.0445. The Labute approximate surface area is 80.6 Å². The van der Waals surface area contributed by atoms with Gasteiger partial charge >= 0.3 is 12.1 Å². The van der Waals surface area contributed by atoms with Gasteiger partial charge in [0.2, 0.25) is 0 Å². The summed E-state index contributed by atoms with van der Waals surface area (Å²) in [5.41, 5.74) is 0. The van der Waals surface area contributed by atoms with E-state index in [1.807, 2.05) is 0 Å². The standard InChI is InChI=1S/C8H8N2O4/c1-13-8(12)14-7(11)3-2-6(4-9)5-10/h6H,2-3H2,1H3. The van der Waals surface area contributed by atoms with Crippen LogP contribution >= 0.6 is 0 Å². The molecule has 6 heteroatoms. The van der Waals surface area contributed by atoms with Crippen molar-refractivity contribution in [3.63, 3.8) is 0 Å². The van der Waals surface area contributed by atoms with E-state index in [1.165, 1.54) is 0 Å². The van der Waals surface area contributed by atoms with Crippen LogP contribution in [0.4, 0.5) is 4.79 Å². The Morgan fingerprint density at radius 2 is 1.93 bits per heavy atom. The van der Waals surface area contributed by atoms with Crippen LogP contribution in [0.25, 0.3) is 0 Å². The molecule has 0 aliphatic carbocycles. The molecule has 0 aromatic heterocycles. The molecule has 0 fully saturated rings. The van der Waals surface area contributed by atoms with Gasteiger partial charge < -0.3 is 9.47 Å². The predicted octanol–water partition coefficient (Wildman–Crippen LogP) is 0.740. The zero-order valence-corrected chi connectivity index (χ0v) is 7.52. The van der Waals surface area contributed by atoms with E-state index in [0.29, 0.717) is 0 Å². The van der Waals surface area contributed by atoms with Crippen molar-refractivity contribution < 1.29 is 19.1 Å². The van der Waals surface area contributed by atoms with E-state index in [1.54, 1.807) is 12.1 Å². The first kappa shape index (κ1) is 11.9. The smallest absolute Gasteiger partial charge is 0.437 e. The van der Waals surface area contributed by atoms with E-state index >= 15 is 0 Å². The lowest BCUT2D eigenvalue weighted by atomic mass is 10.1. The second-order valence-electron chi connectivity index (χ2n) is 2.28. The lowest BCUT2D eigenvalue weighted by Crippen LogP contribution is -2.12. The van der Waals surface area contributed by atoms with Gasteiger partial charge in [0.1, 0.15) is 5.92 Å². The van der Waals surface area contributed by atoms with Gasteiger partial charge in [-0.3, -0.25) is 4.79 Å². The number of rotatable bonds is 3. The van der Waals surface area contributed by atoms with Crippen molar-refractivity contribution in [3.8, 4) is 12.1 Å². The van der Waals surface area contributed by atoms with E-state index in [9.17, 15) is 9.59 Å². The van der Waals surface area contributed by atoms with Crippen LogP contribution in [0.1, 0.15) is 12.8 Å². The Bertz CT molecular complexity index is 285. The number of nitriles is 2. The van der Waals surface area contributed by atoms with Crippen LogP contribution in [0.5, 0.6) is 0 Å². The number of carbonyl (C=O) groups excluding carboxylic acids is 2. The predicted molar refractivity (Wildman–Crippen MR) is 42.4 cm³/mol. The lowest BCUT2D eigenvalue weighted by Gasteiger charge is -2.00. The van der Waals surface area contributed by atoms with Gasteiger partial charge in [-0.2, -0.15) is 10.5 Å². The van der Waals surface area contributed by atoms with Crippen LogP contribution in [0.15, 0.2) is 0 Å². The Balaban J connectivity index is 3.82. The summed E-state index contributed by atoms with van der Waals surface area (Å²) in [5, 5.41) is 16.7. The first-order valence-corrected chi connectivity index (χ1v) is 3.72. The molecule has 0 amide bonds. The Morgan fingerprint density at radius 1 is 1.36 bits per heavy atom. The second-order valence-corrected chi connectivity index (χ2v) is 2.28. The van der Waals surface area contributed by atoms with Crippen LogP contribution in [-0.2, 0) is 14.3 Å². The molecule has 6 nitrogen and oxygen atoms in total. The van der Waals surface area contributed by atoms with Gasteiger partial charge in [0.05, 0.1) is 19.2 Å². The summed E-state index contributed by atoms with van der Waals surface area (Å²) >= 11 is 0. The molecule has 0 aliphatic rings. The van der Waals surface area contributed by atoms with Crippen molar-refractivity contribution in [2.75, 3.05) is 7.11 Å². The summed E-state index contributed by atoms with van der Waals surface area (Å²) in [7, 11) is 1.07. The SMILES string of the molecule is COC(=O)OC(=O)CCC(C#N)C#N. The zero-order valence-electron chi connectivity index (χ0n) is 7.52. The Morgan fingerprint density at radius 3 is 2.36 bits per heavy atom. The third-order valence-corrected chi connectivity index (χ3v) is 1.31. The van der Waals surface area contributed by atoms with Crippen LogP contribution in [0.2, 0.25) is 0 Å². The van der Waals surface area contributed by atoms with Crippen molar-refractivity contribution >= 4 is 12.1 Å². The maximum atomic E-state index is 10.8. The molecule has 0 N–H and O–H groups in total. The van der Waals surface area contributed by atoms with Crippen LogP contribution < -0.4 is 0 Å². The molecule has 0 saturated heterocycles. The fourth-order valence-electron chi connectivity index (χ4n) is 0.606. The summed E-state index contributed by atoms with van der Waals surface area (Å²) in [6.07, 6.45) is -1.22. The maximum Gasteiger partial charge on any atom is 0.515 e. The third-order valence-electron chi connectivity index (χ3n) is 1.31. The van der Waals surface area contributed by atoms with Crippen molar-refractivity contribution in [1.29, 1.82) is 10.5 Å². The third kappa shape index (κ3) is 4.73. The molecule has 74 valence electrons. The molecule has 0 spiro atoms. The van der Waals surface area contributed by atoms with Gasteiger partial charge in [0, 0.05) is 6.42 Å². The molecule has 0 atom stereocenters. The molecule has 0 heterocycles. The van der Waals surface area contributed by atoms with E-state index < -0.39 is 18.0 Å². The second kappa shape index (κ2) is 6.44. The summed E-state index contributed by atoms with van der Waals surface area (Å²) < 4.78 is 8.19. The molecule has 14 heavy (non-hydrogen) atoms. The van der Waals surface area contributed by atoms with Crippen molar-refractivity contribution in [3.05, 3.63) is 0 Å². The molecule has 0 bridgehead atoms. The summed E-state index contributed by atoms with van der Waals surface area (Å²) in [6, 6.07) is 3.38. The first-order valence-electron chi connectivity index (χ1n) is 3.72. The zero-order chi connectivity index (χ0) is 11.0. The topological polar surface area (TPSA) is 100 Å². The Kier molecular flexibility index (Phi) is 5.48. The summed E-state index contributed by atoms with van der Waals surface area (Å²) in [5.74, 6) is -1.67. The van der Waals surface area contributed by atoms with E-state index in [0.717, 1.165) is 7.11 Å². The van der Waals surface area contributed by atoms with Gasteiger partial charge in [-0.15, -0.1) is 0 Å². The average molecular weight is 196 g/mol. The number of esters is 1.